The highest BCUT2D eigenvalue weighted by molar-refractivity contribution is 4.93. The molecule has 0 aromatic carbocycles. The molecule has 84 valence electrons. The number of nitrogens with one attached hydrogen (secondary N) is 1. The average Bonchev–Trinajstić information content (AvgIpc) is 1.96. The van der Waals surface area contributed by atoms with Gasteiger partial charge in [-0.15, -0.1) is 6.58 Å². The Kier molecular flexibility index (Phi) is 6.10. The first-order valence-corrected chi connectivity index (χ1v) is 5.73. The van der Waals surface area contributed by atoms with Crippen LogP contribution in [0.5, 0.6) is 0 Å². The number of hydrogen-bond acceptors (Lipinski definition) is 1. The molecule has 0 heterocycles. The van der Waals surface area contributed by atoms with E-state index in [0.29, 0.717) is 11.5 Å². The molecule has 0 fully saturated rings. The van der Waals surface area contributed by atoms with Gasteiger partial charge in [0, 0.05) is 6.04 Å². The monoisotopic (exact) mass is 197 g/mol. The van der Waals surface area contributed by atoms with Crippen LogP contribution >= 0.6 is 0 Å². The summed E-state index contributed by atoms with van der Waals surface area (Å²) in [5.74, 6) is 0. The van der Waals surface area contributed by atoms with Crippen LogP contribution in [0.3, 0.4) is 0 Å². The lowest BCUT2D eigenvalue weighted by Crippen LogP contribution is -2.33. The van der Waals surface area contributed by atoms with Gasteiger partial charge in [-0.25, -0.2) is 0 Å². The van der Waals surface area contributed by atoms with Crippen molar-refractivity contribution in [2.75, 3.05) is 6.54 Å². The molecule has 0 radical (unpaired) electrons. The normalized spacial score (nSPS) is 14.1. The fraction of sp³-hybridized carbons (Fsp3) is 0.846. The molecule has 1 atom stereocenters. The Morgan fingerprint density at radius 3 is 2.29 bits per heavy atom. The van der Waals surface area contributed by atoms with Gasteiger partial charge in [0.25, 0.3) is 0 Å². The molecule has 0 aliphatic carbocycles. The lowest BCUT2D eigenvalue weighted by molar-refractivity contribution is 0.306. The Labute approximate surface area is 90.0 Å². The Balaban J connectivity index is 4.03. The maximum absolute atomic E-state index is 3.99. The molecule has 0 aliphatic rings. The van der Waals surface area contributed by atoms with Crippen LogP contribution in [0, 0.1) is 5.41 Å². The van der Waals surface area contributed by atoms with Crippen molar-refractivity contribution in [2.24, 2.45) is 5.41 Å². The van der Waals surface area contributed by atoms with Crippen LogP contribution in [0.2, 0.25) is 0 Å². The van der Waals surface area contributed by atoms with Crippen LogP contribution in [-0.2, 0) is 0 Å². The third kappa shape index (κ3) is 8.31. The van der Waals surface area contributed by atoms with Gasteiger partial charge >= 0.3 is 0 Å². The second kappa shape index (κ2) is 6.23. The molecule has 0 spiro atoms. The third-order valence-corrected chi connectivity index (χ3v) is 2.14. The van der Waals surface area contributed by atoms with Crippen molar-refractivity contribution >= 4 is 0 Å². The molecule has 0 rings (SSSR count). The first-order valence-electron chi connectivity index (χ1n) is 5.73. The van der Waals surface area contributed by atoms with Crippen molar-refractivity contribution in [3.63, 3.8) is 0 Å². The standard InChI is InChI=1S/C13H27N/c1-7-8-14-12(9-11(2)3)10-13(4,5)6/h12,14H,2,7-10H2,1,3-6H3. The molecular weight excluding hydrogens is 170 g/mol. The van der Waals surface area contributed by atoms with E-state index in [1.54, 1.807) is 0 Å². The minimum atomic E-state index is 0.404. The van der Waals surface area contributed by atoms with E-state index in [1.807, 2.05) is 0 Å². The highest BCUT2D eigenvalue weighted by Crippen LogP contribution is 2.23. The van der Waals surface area contributed by atoms with Crippen molar-refractivity contribution in [2.45, 2.75) is 59.9 Å². The van der Waals surface area contributed by atoms with E-state index in [4.69, 9.17) is 0 Å². The van der Waals surface area contributed by atoms with Crippen LogP contribution in [0.1, 0.15) is 53.9 Å². The van der Waals surface area contributed by atoms with E-state index in [9.17, 15) is 0 Å². The summed E-state index contributed by atoms with van der Waals surface area (Å²) < 4.78 is 0. The highest BCUT2D eigenvalue weighted by atomic mass is 14.9. The predicted octanol–water partition coefficient (Wildman–Crippen LogP) is 3.76. The molecule has 0 saturated heterocycles. The summed E-state index contributed by atoms with van der Waals surface area (Å²) in [6.07, 6.45) is 3.54. The van der Waals surface area contributed by atoms with Gasteiger partial charge in [-0.1, -0.05) is 33.3 Å². The fourth-order valence-corrected chi connectivity index (χ4v) is 1.72. The van der Waals surface area contributed by atoms with Crippen molar-refractivity contribution in [3.05, 3.63) is 12.2 Å². The molecule has 0 aliphatic heterocycles. The smallest absolute Gasteiger partial charge is 0.0109 e. The summed E-state index contributed by atoms with van der Waals surface area (Å²) in [5.41, 5.74) is 1.68. The zero-order valence-corrected chi connectivity index (χ0v) is 10.6. The summed E-state index contributed by atoms with van der Waals surface area (Å²) in [5, 5.41) is 3.60. The zero-order valence-electron chi connectivity index (χ0n) is 10.6. The van der Waals surface area contributed by atoms with Gasteiger partial charge < -0.3 is 5.32 Å². The van der Waals surface area contributed by atoms with Crippen LogP contribution < -0.4 is 5.32 Å². The molecule has 1 unspecified atom stereocenters. The Morgan fingerprint density at radius 2 is 1.93 bits per heavy atom. The molecule has 0 aromatic heterocycles. The van der Waals surface area contributed by atoms with Crippen molar-refractivity contribution in [1.82, 2.24) is 5.32 Å². The SMILES string of the molecule is C=C(C)CC(CC(C)(C)C)NCCC. The van der Waals surface area contributed by atoms with Crippen LogP contribution in [0.15, 0.2) is 12.2 Å². The number of hydrogen-bond donors (Lipinski definition) is 1. The van der Waals surface area contributed by atoms with Gasteiger partial charge in [-0.3, -0.25) is 0 Å². The molecule has 1 heteroatoms. The van der Waals surface area contributed by atoms with E-state index in [0.717, 1.165) is 13.0 Å². The molecule has 1 N–H and O–H groups in total. The summed E-state index contributed by atoms with van der Waals surface area (Å²) >= 11 is 0. The third-order valence-electron chi connectivity index (χ3n) is 2.14. The van der Waals surface area contributed by atoms with Gasteiger partial charge in [-0.2, -0.15) is 0 Å². The quantitative estimate of drug-likeness (QED) is 0.639. The minimum Gasteiger partial charge on any atom is -0.314 e. The van der Waals surface area contributed by atoms with Gasteiger partial charge in [0.05, 0.1) is 0 Å². The van der Waals surface area contributed by atoms with Gasteiger partial charge in [0.1, 0.15) is 0 Å². The summed E-state index contributed by atoms with van der Waals surface area (Å²) in [6, 6.07) is 0.604. The van der Waals surface area contributed by atoms with E-state index in [-0.39, 0.29) is 0 Å². The van der Waals surface area contributed by atoms with Crippen molar-refractivity contribution < 1.29 is 0 Å². The molecule has 0 saturated carbocycles. The molecule has 0 aromatic rings. The lowest BCUT2D eigenvalue weighted by Gasteiger charge is -2.27. The topological polar surface area (TPSA) is 12.0 Å². The van der Waals surface area contributed by atoms with Gasteiger partial charge in [0.2, 0.25) is 0 Å². The second-order valence-electron chi connectivity index (χ2n) is 5.58. The molecule has 1 nitrogen and oxygen atoms in total. The number of rotatable bonds is 6. The molecular formula is C13H27N. The summed E-state index contributed by atoms with van der Waals surface area (Å²) in [4.78, 5) is 0. The first kappa shape index (κ1) is 13.7. The highest BCUT2D eigenvalue weighted by Gasteiger charge is 2.17. The van der Waals surface area contributed by atoms with Gasteiger partial charge in [0.15, 0.2) is 0 Å². The van der Waals surface area contributed by atoms with E-state index >= 15 is 0 Å². The Hall–Kier alpha value is -0.300. The van der Waals surface area contributed by atoms with Crippen molar-refractivity contribution in [1.29, 1.82) is 0 Å². The van der Waals surface area contributed by atoms with E-state index < -0.39 is 0 Å². The van der Waals surface area contributed by atoms with Crippen LogP contribution in [-0.4, -0.2) is 12.6 Å². The Morgan fingerprint density at radius 1 is 1.36 bits per heavy atom. The Bertz CT molecular complexity index is 165. The first-order chi connectivity index (χ1) is 6.35. The van der Waals surface area contributed by atoms with Crippen molar-refractivity contribution in [3.8, 4) is 0 Å². The van der Waals surface area contributed by atoms with E-state index in [1.165, 1.54) is 18.4 Å². The van der Waals surface area contributed by atoms with Gasteiger partial charge in [-0.05, 0) is 38.1 Å². The summed E-state index contributed by atoms with van der Waals surface area (Å²) in [7, 11) is 0. The molecule has 0 amide bonds. The largest absolute Gasteiger partial charge is 0.314 e. The van der Waals surface area contributed by atoms with Crippen LogP contribution in [0.4, 0.5) is 0 Å². The maximum Gasteiger partial charge on any atom is 0.0109 e. The average molecular weight is 197 g/mol. The minimum absolute atomic E-state index is 0.404. The fourth-order valence-electron chi connectivity index (χ4n) is 1.72. The van der Waals surface area contributed by atoms with E-state index in [2.05, 4.69) is 46.5 Å². The lowest BCUT2D eigenvalue weighted by atomic mass is 9.86. The second-order valence-corrected chi connectivity index (χ2v) is 5.58. The molecule has 14 heavy (non-hydrogen) atoms. The zero-order chi connectivity index (χ0) is 11.2. The molecule has 0 bridgehead atoms. The maximum atomic E-state index is 3.99. The van der Waals surface area contributed by atoms with Crippen LogP contribution in [0.25, 0.3) is 0 Å². The predicted molar refractivity (Wildman–Crippen MR) is 65.6 cm³/mol. The summed E-state index contributed by atoms with van der Waals surface area (Å²) in [6.45, 7) is 16.3.